The fourth-order valence-corrected chi connectivity index (χ4v) is 2.32. The van der Waals surface area contributed by atoms with E-state index in [1.807, 2.05) is 0 Å². The van der Waals surface area contributed by atoms with Crippen LogP contribution in [0.4, 0.5) is 15.8 Å². The zero-order valence-electron chi connectivity index (χ0n) is 11.5. The lowest BCUT2D eigenvalue weighted by atomic mass is 9.83. The van der Waals surface area contributed by atoms with E-state index in [2.05, 4.69) is 10.3 Å². The Labute approximate surface area is 125 Å². The van der Waals surface area contributed by atoms with Crippen LogP contribution in [0.25, 0.3) is 0 Å². The molecule has 0 aliphatic rings. The van der Waals surface area contributed by atoms with Crippen molar-refractivity contribution in [1.82, 2.24) is 4.98 Å². The molecule has 0 unspecified atom stereocenters. The van der Waals surface area contributed by atoms with Crippen LogP contribution in [-0.2, 0) is 10.2 Å². The van der Waals surface area contributed by atoms with Gasteiger partial charge >= 0.3 is 5.00 Å². The van der Waals surface area contributed by atoms with Gasteiger partial charge in [0.2, 0.25) is 5.91 Å². The maximum atomic E-state index is 12.4. The number of carbonyl (C=O) groups excluding carboxylic acids is 1. The molecule has 1 amide bonds. The molecule has 21 heavy (non-hydrogen) atoms. The predicted molar refractivity (Wildman–Crippen MR) is 81.3 cm³/mol. The molecule has 2 rings (SSSR count). The lowest BCUT2D eigenvalue weighted by Gasteiger charge is -2.23. The zero-order valence-corrected chi connectivity index (χ0v) is 12.3. The van der Waals surface area contributed by atoms with Gasteiger partial charge in [0, 0.05) is 5.69 Å². The number of thiazole rings is 1. The summed E-state index contributed by atoms with van der Waals surface area (Å²) in [5.74, 6) is -0.295. The van der Waals surface area contributed by atoms with Crippen molar-refractivity contribution in [2.75, 3.05) is 11.1 Å². The van der Waals surface area contributed by atoms with Crippen molar-refractivity contribution >= 4 is 33.1 Å². The molecule has 8 heteroatoms. The van der Waals surface area contributed by atoms with Crippen LogP contribution in [0, 0.1) is 10.1 Å². The maximum absolute atomic E-state index is 12.4. The highest BCUT2D eigenvalue weighted by Gasteiger charge is 2.30. The molecule has 0 spiro atoms. The van der Waals surface area contributed by atoms with Crippen molar-refractivity contribution < 1.29 is 9.72 Å². The molecule has 1 aromatic carbocycles. The molecular formula is C13H14N4O3S. The summed E-state index contributed by atoms with van der Waals surface area (Å²) in [6, 6.07) is 7.00. The molecule has 0 bridgehead atoms. The summed E-state index contributed by atoms with van der Waals surface area (Å²) < 4.78 is 0. The Bertz CT molecular complexity index is 679. The maximum Gasteiger partial charge on any atom is 0.345 e. The highest BCUT2D eigenvalue weighted by molar-refractivity contribution is 7.18. The lowest BCUT2D eigenvalue weighted by molar-refractivity contribution is -0.380. The number of anilines is 2. The Kier molecular flexibility index (Phi) is 3.90. The van der Waals surface area contributed by atoms with Crippen LogP contribution >= 0.6 is 11.3 Å². The van der Waals surface area contributed by atoms with Crippen LogP contribution < -0.4 is 11.1 Å². The molecule has 2 aromatic rings. The van der Waals surface area contributed by atoms with Crippen molar-refractivity contribution in [2.24, 2.45) is 0 Å². The largest absolute Gasteiger partial charge is 0.399 e. The Balaban J connectivity index is 2.17. The summed E-state index contributed by atoms with van der Waals surface area (Å²) in [7, 11) is 0. The van der Waals surface area contributed by atoms with Crippen LogP contribution in [0.3, 0.4) is 0 Å². The van der Waals surface area contributed by atoms with Crippen molar-refractivity contribution in [3.05, 3.63) is 46.1 Å². The molecule has 0 saturated carbocycles. The van der Waals surface area contributed by atoms with Gasteiger partial charge < -0.3 is 11.1 Å². The molecule has 7 nitrogen and oxygen atoms in total. The number of nitrogens with zero attached hydrogens (tertiary/aromatic N) is 2. The smallest absolute Gasteiger partial charge is 0.345 e. The van der Waals surface area contributed by atoms with E-state index in [0.29, 0.717) is 5.69 Å². The van der Waals surface area contributed by atoms with E-state index < -0.39 is 10.3 Å². The van der Waals surface area contributed by atoms with Crippen molar-refractivity contribution in [1.29, 1.82) is 0 Å². The Morgan fingerprint density at radius 1 is 1.38 bits per heavy atom. The normalized spacial score (nSPS) is 11.1. The second kappa shape index (κ2) is 5.49. The molecule has 0 radical (unpaired) electrons. The zero-order chi connectivity index (χ0) is 15.6. The number of nitrogen functional groups attached to an aromatic ring is 1. The molecule has 1 aromatic heterocycles. The Hall–Kier alpha value is -2.48. The molecule has 0 aliphatic carbocycles. The predicted octanol–water partition coefficient (Wildman–Crippen LogP) is 2.55. The number of nitrogens with two attached hydrogens (primary N) is 1. The van der Waals surface area contributed by atoms with Gasteiger partial charge in [-0.25, -0.2) is 4.98 Å². The van der Waals surface area contributed by atoms with E-state index in [4.69, 9.17) is 5.73 Å². The van der Waals surface area contributed by atoms with E-state index >= 15 is 0 Å². The Morgan fingerprint density at radius 3 is 2.52 bits per heavy atom. The van der Waals surface area contributed by atoms with Crippen molar-refractivity contribution in [3.8, 4) is 0 Å². The van der Waals surface area contributed by atoms with Gasteiger partial charge in [0.25, 0.3) is 0 Å². The van der Waals surface area contributed by atoms with Gasteiger partial charge in [-0.2, -0.15) is 0 Å². The standard InChI is InChI=1S/C13H14N4O3S/c1-13(2,8-3-5-9(14)6-4-8)11(18)16-12-15-7-10(21-12)17(19)20/h3-7H,14H2,1-2H3,(H,15,16,18). The van der Waals surface area contributed by atoms with E-state index in [9.17, 15) is 14.9 Å². The van der Waals surface area contributed by atoms with Crippen molar-refractivity contribution in [2.45, 2.75) is 19.3 Å². The Morgan fingerprint density at radius 2 is 2.00 bits per heavy atom. The third-order valence-electron chi connectivity index (χ3n) is 3.09. The third-order valence-corrected chi connectivity index (χ3v) is 3.96. The third kappa shape index (κ3) is 3.16. The highest BCUT2D eigenvalue weighted by Crippen LogP contribution is 2.29. The summed E-state index contributed by atoms with van der Waals surface area (Å²) >= 11 is 0.821. The van der Waals surface area contributed by atoms with Gasteiger partial charge in [-0.15, -0.1) is 0 Å². The summed E-state index contributed by atoms with van der Waals surface area (Å²) in [5, 5.41) is 13.3. The fraction of sp³-hybridized carbons (Fsp3) is 0.231. The number of amides is 1. The summed E-state index contributed by atoms with van der Waals surface area (Å²) in [6.07, 6.45) is 1.12. The first-order chi connectivity index (χ1) is 9.80. The molecule has 1 heterocycles. The van der Waals surface area contributed by atoms with Gasteiger partial charge in [0.05, 0.1) is 10.3 Å². The van der Waals surface area contributed by atoms with Gasteiger partial charge in [0.15, 0.2) is 5.13 Å². The minimum atomic E-state index is -0.811. The molecule has 3 N–H and O–H groups in total. The summed E-state index contributed by atoms with van der Waals surface area (Å²) in [6.45, 7) is 3.52. The van der Waals surface area contributed by atoms with Crippen LogP contribution in [0.5, 0.6) is 0 Å². The van der Waals surface area contributed by atoms with Crippen LogP contribution in [-0.4, -0.2) is 15.8 Å². The van der Waals surface area contributed by atoms with Gasteiger partial charge in [-0.1, -0.05) is 12.1 Å². The van der Waals surface area contributed by atoms with E-state index in [1.165, 1.54) is 0 Å². The second-order valence-electron chi connectivity index (χ2n) is 4.96. The fourth-order valence-electron chi connectivity index (χ4n) is 1.69. The highest BCUT2D eigenvalue weighted by atomic mass is 32.1. The second-order valence-corrected chi connectivity index (χ2v) is 5.97. The average molecular weight is 306 g/mol. The monoisotopic (exact) mass is 306 g/mol. The van der Waals surface area contributed by atoms with Gasteiger partial charge in [0.1, 0.15) is 6.20 Å². The topological polar surface area (TPSA) is 111 Å². The van der Waals surface area contributed by atoms with Crippen molar-refractivity contribution in [3.63, 3.8) is 0 Å². The minimum Gasteiger partial charge on any atom is -0.399 e. The molecule has 0 aliphatic heterocycles. The number of benzene rings is 1. The van der Waals surface area contributed by atoms with Crippen LogP contribution in [0.2, 0.25) is 0 Å². The number of nitro groups is 1. The van der Waals surface area contributed by atoms with E-state index in [0.717, 1.165) is 23.1 Å². The lowest BCUT2D eigenvalue weighted by Crippen LogP contribution is -2.34. The number of aromatic nitrogens is 1. The summed E-state index contributed by atoms with van der Waals surface area (Å²) in [4.78, 5) is 26.2. The van der Waals surface area contributed by atoms with Gasteiger partial charge in [-0.05, 0) is 42.9 Å². The first kappa shape index (κ1) is 14.9. The van der Waals surface area contributed by atoms with Crippen LogP contribution in [0.1, 0.15) is 19.4 Å². The molecule has 0 atom stereocenters. The number of rotatable bonds is 4. The molecule has 0 saturated heterocycles. The first-order valence-electron chi connectivity index (χ1n) is 6.08. The minimum absolute atomic E-state index is 0.115. The molecule has 0 fully saturated rings. The number of hydrogen-bond acceptors (Lipinski definition) is 6. The SMILES string of the molecule is CC(C)(C(=O)Nc1ncc([N+](=O)[O-])s1)c1ccc(N)cc1. The van der Waals surface area contributed by atoms with E-state index in [1.54, 1.807) is 38.1 Å². The number of carbonyl (C=O) groups is 1. The first-order valence-corrected chi connectivity index (χ1v) is 6.90. The number of nitrogens with one attached hydrogen (secondary N) is 1. The number of hydrogen-bond donors (Lipinski definition) is 2. The molecule has 110 valence electrons. The quantitative estimate of drug-likeness (QED) is 0.512. The summed E-state index contributed by atoms with van der Waals surface area (Å²) in [5.41, 5.74) is 6.22. The van der Waals surface area contributed by atoms with Crippen LogP contribution in [0.15, 0.2) is 30.5 Å². The average Bonchev–Trinajstić information content (AvgIpc) is 2.88. The van der Waals surface area contributed by atoms with E-state index in [-0.39, 0.29) is 16.0 Å². The molecular weight excluding hydrogens is 292 g/mol. The van der Waals surface area contributed by atoms with Gasteiger partial charge in [-0.3, -0.25) is 14.9 Å².